The largest absolute Gasteiger partial charge is 0.348 e. The van der Waals surface area contributed by atoms with E-state index in [4.69, 9.17) is 10.8 Å². The van der Waals surface area contributed by atoms with E-state index in [0.717, 1.165) is 49.8 Å². The number of aromatic nitrogens is 2. The maximum absolute atomic E-state index is 12.9. The molecule has 1 fully saturated rings. The molecule has 2 aromatic rings. The Morgan fingerprint density at radius 3 is 2.80 bits per heavy atom. The van der Waals surface area contributed by atoms with E-state index in [1.807, 2.05) is 4.68 Å². The zero-order valence-corrected chi connectivity index (χ0v) is 14.8. The third kappa shape index (κ3) is 2.97. The molecule has 5 heteroatoms. The number of rotatable bonds is 4. The van der Waals surface area contributed by atoms with Gasteiger partial charge in [-0.1, -0.05) is 24.1 Å². The third-order valence-corrected chi connectivity index (χ3v) is 5.70. The quantitative estimate of drug-likeness (QED) is 0.900. The van der Waals surface area contributed by atoms with Crippen LogP contribution in [0.15, 0.2) is 24.3 Å². The molecular formula is C20H26N4O. The van der Waals surface area contributed by atoms with Crippen LogP contribution in [0, 0.1) is 12.8 Å². The predicted molar refractivity (Wildman–Crippen MR) is 98.0 cm³/mol. The first-order valence-corrected chi connectivity index (χ1v) is 9.36. The summed E-state index contributed by atoms with van der Waals surface area (Å²) in [5.41, 5.74) is 11.0. The average molecular weight is 338 g/mol. The summed E-state index contributed by atoms with van der Waals surface area (Å²) < 4.78 is 1.96. The van der Waals surface area contributed by atoms with Gasteiger partial charge in [-0.25, -0.2) is 4.68 Å². The number of aryl methyl sites for hydroxylation is 1. The van der Waals surface area contributed by atoms with Crippen LogP contribution in [-0.2, 0) is 12.8 Å². The Bertz CT molecular complexity index is 778. The molecular weight excluding hydrogens is 312 g/mol. The summed E-state index contributed by atoms with van der Waals surface area (Å²) >= 11 is 0. The van der Waals surface area contributed by atoms with E-state index in [1.54, 1.807) is 0 Å². The second-order valence-electron chi connectivity index (χ2n) is 7.38. The summed E-state index contributed by atoms with van der Waals surface area (Å²) in [5, 5.41) is 7.90. The minimum Gasteiger partial charge on any atom is -0.348 e. The number of hydrogen-bond acceptors (Lipinski definition) is 3. The summed E-state index contributed by atoms with van der Waals surface area (Å²) in [7, 11) is 0. The number of nitrogens with zero attached hydrogens (tertiary/aromatic N) is 2. The number of benzene rings is 1. The van der Waals surface area contributed by atoms with Crippen LogP contribution in [0.25, 0.3) is 5.69 Å². The lowest BCUT2D eigenvalue weighted by molar-refractivity contribution is 0.0922. The zero-order chi connectivity index (χ0) is 17.4. The van der Waals surface area contributed by atoms with Gasteiger partial charge in [0.05, 0.1) is 5.69 Å². The van der Waals surface area contributed by atoms with Crippen molar-refractivity contribution in [2.24, 2.45) is 11.7 Å². The Morgan fingerprint density at radius 1 is 1.24 bits per heavy atom. The summed E-state index contributed by atoms with van der Waals surface area (Å²) in [5.74, 6) is 0.366. The number of fused-ring (bicyclic) bond motifs is 1. The molecule has 0 radical (unpaired) electrons. The lowest BCUT2D eigenvalue weighted by Crippen LogP contribution is -2.40. The van der Waals surface area contributed by atoms with Crippen molar-refractivity contribution in [2.75, 3.05) is 6.54 Å². The zero-order valence-electron chi connectivity index (χ0n) is 14.8. The maximum Gasteiger partial charge on any atom is 0.272 e. The maximum atomic E-state index is 12.9. The Labute approximate surface area is 148 Å². The van der Waals surface area contributed by atoms with Crippen LogP contribution in [-0.4, -0.2) is 28.3 Å². The average Bonchev–Trinajstić information content (AvgIpc) is 3.31. The number of amides is 1. The highest BCUT2D eigenvalue weighted by Gasteiger charge is 2.31. The molecule has 1 saturated carbocycles. The summed E-state index contributed by atoms with van der Waals surface area (Å²) in [4.78, 5) is 12.9. The first-order valence-electron chi connectivity index (χ1n) is 9.36. The van der Waals surface area contributed by atoms with Crippen LogP contribution in [0.2, 0.25) is 0 Å². The Morgan fingerprint density at radius 2 is 2.04 bits per heavy atom. The van der Waals surface area contributed by atoms with E-state index in [0.29, 0.717) is 18.2 Å². The Hall–Kier alpha value is -2.14. The van der Waals surface area contributed by atoms with Gasteiger partial charge in [0.1, 0.15) is 0 Å². The number of carbonyl (C=O) groups is 1. The van der Waals surface area contributed by atoms with Crippen molar-refractivity contribution in [3.63, 3.8) is 0 Å². The molecule has 5 nitrogen and oxygen atoms in total. The fourth-order valence-electron chi connectivity index (χ4n) is 4.27. The Kier molecular flexibility index (Phi) is 4.34. The van der Waals surface area contributed by atoms with E-state index in [9.17, 15) is 4.79 Å². The SMILES string of the molecule is Cc1ccc(-n2nc(C(=O)NC3CCCC3CN)c3c2CCC3)cc1. The van der Waals surface area contributed by atoms with Crippen molar-refractivity contribution < 1.29 is 4.79 Å². The topological polar surface area (TPSA) is 72.9 Å². The number of hydrogen-bond donors (Lipinski definition) is 2. The van der Waals surface area contributed by atoms with Gasteiger partial charge >= 0.3 is 0 Å². The molecule has 2 aliphatic carbocycles. The summed E-state index contributed by atoms with van der Waals surface area (Å²) in [6, 6.07) is 8.51. The highest BCUT2D eigenvalue weighted by molar-refractivity contribution is 5.94. The van der Waals surface area contributed by atoms with Gasteiger partial charge in [0.2, 0.25) is 0 Å². The van der Waals surface area contributed by atoms with Crippen LogP contribution in [0.5, 0.6) is 0 Å². The normalized spacial score (nSPS) is 22.2. The van der Waals surface area contributed by atoms with Gasteiger partial charge in [-0.05, 0) is 63.6 Å². The summed E-state index contributed by atoms with van der Waals surface area (Å²) in [6.45, 7) is 2.71. The van der Waals surface area contributed by atoms with Gasteiger partial charge in [0.25, 0.3) is 5.91 Å². The van der Waals surface area contributed by atoms with Gasteiger partial charge in [-0.3, -0.25) is 4.79 Å². The van der Waals surface area contributed by atoms with E-state index in [2.05, 4.69) is 36.5 Å². The van der Waals surface area contributed by atoms with Crippen LogP contribution in [0.1, 0.15) is 53.0 Å². The molecule has 2 atom stereocenters. The van der Waals surface area contributed by atoms with Crippen LogP contribution in [0.3, 0.4) is 0 Å². The van der Waals surface area contributed by atoms with Crippen LogP contribution >= 0.6 is 0 Å². The standard InChI is InChI=1S/C20H26N4O/c1-13-8-10-15(11-9-13)24-18-7-3-5-16(18)19(23-24)20(25)22-17-6-2-4-14(17)12-21/h8-11,14,17H,2-7,12,21H2,1H3,(H,22,25). The number of nitrogens with one attached hydrogen (secondary N) is 1. The molecule has 1 amide bonds. The van der Waals surface area contributed by atoms with Gasteiger partial charge in [-0.2, -0.15) is 5.10 Å². The third-order valence-electron chi connectivity index (χ3n) is 5.70. The molecule has 1 heterocycles. The van der Waals surface area contributed by atoms with E-state index < -0.39 is 0 Å². The Balaban J connectivity index is 1.63. The molecule has 132 valence electrons. The first-order chi connectivity index (χ1) is 12.2. The highest BCUT2D eigenvalue weighted by Crippen LogP contribution is 2.29. The van der Waals surface area contributed by atoms with Crippen LogP contribution in [0.4, 0.5) is 0 Å². The van der Waals surface area contributed by atoms with E-state index in [-0.39, 0.29) is 11.9 Å². The molecule has 2 unspecified atom stereocenters. The molecule has 1 aromatic carbocycles. The second-order valence-corrected chi connectivity index (χ2v) is 7.38. The molecule has 3 N–H and O–H groups in total. The van der Waals surface area contributed by atoms with E-state index >= 15 is 0 Å². The van der Waals surface area contributed by atoms with Gasteiger partial charge in [0.15, 0.2) is 5.69 Å². The summed E-state index contributed by atoms with van der Waals surface area (Å²) in [6.07, 6.45) is 6.29. The van der Waals surface area contributed by atoms with Gasteiger partial charge in [-0.15, -0.1) is 0 Å². The van der Waals surface area contributed by atoms with Crippen molar-refractivity contribution in [3.05, 3.63) is 46.8 Å². The van der Waals surface area contributed by atoms with Crippen molar-refractivity contribution in [1.29, 1.82) is 0 Å². The fraction of sp³-hybridized carbons (Fsp3) is 0.500. The lowest BCUT2D eigenvalue weighted by atomic mass is 10.0. The molecule has 0 saturated heterocycles. The fourth-order valence-corrected chi connectivity index (χ4v) is 4.27. The smallest absolute Gasteiger partial charge is 0.272 e. The number of nitrogens with two attached hydrogens (primary N) is 1. The van der Waals surface area contributed by atoms with E-state index in [1.165, 1.54) is 11.3 Å². The highest BCUT2D eigenvalue weighted by atomic mass is 16.2. The number of carbonyl (C=O) groups excluding carboxylic acids is 1. The van der Waals surface area contributed by atoms with Gasteiger partial charge in [0, 0.05) is 17.3 Å². The van der Waals surface area contributed by atoms with Gasteiger partial charge < -0.3 is 11.1 Å². The van der Waals surface area contributed by atoms with Crippen molar-refractivity contribution >= 4 is 5.91 Å². The predicted octanol–water partition coefficient (Wildman–Crippen LogP) is 2.53. The molecule has 1 aromatic heterocycles. The lowest BCUT2D eigenvalue weighted by Gasteiger charge is -2.19. The molecule has 25 heavy (non-hydrogen) atoms. The monoisotopic (exact) mass is 338 g/mol. The second kappa shape index (κ2) is 6.64. The molecule has 0 aliphatic heterocycles. The van der Waals surface area contributed by atoms with Crippen LogP contribution < -0.4 is 11.1 Å². The van der Waals surface area contributed by atoms with Crippen molar-refractivity contribution in [1.82, 2.24) is 15.1 Å². The van der Waals surface area contributed by atoms with Crippen molar-refractivity contribution in [3.8, 4) is 5.69 Å². The molecule has 2 aliphatic rings. The molecule has 0 spiro atoms. The minimum atomic E-state index is -0.0330. The molecule has 0 bridgehead atoms. The minimum absolute atomic E-state index is 0.0330. The first kappa shape index (κ1) is 16.3. The van der Waals surface area contributed by atoms with Crippen molar-refractivity contribution in [2.45, 2.75) is 51.5 Å². The molecule has 4 rings (SSSR count).